The summed E-state index contributed by atoms with van der Waals surface area (Å²) in [6.07, 6.45) is -0.738. The quantitative estimate of drug-likeness (QED) is 0.231. The molecule has 1 saturated heterocycles. The van der Waals surface area contributed by atoms with Crippen LogP contribution in [-0.4, -0.2) is 68.1 Å². The van der Waals surface area contributed by atoms with E-state index < -0.39 is 6.10 Å². The molecule has 0 bridgehead atoms. The van der Waals surface area contributed by atoms with Gasteiger partial charge in [-0.1, -0.05) is 24.3 Å². The minimum Gasteiger partial charge on any atom is -0.491 e. The van der Waals surface area contributed by atoms with E-state index in [0.29, 0.717) is 24.8 Å². The Morgan fingerprint density at radius 3 is 2.52 bits per heavy atom. The molecule has 1 unspecified atom stereocenters. The van der Waals surface area contributed by atoms with E-state index in [1.54, 1.807) is 0 Å². The Kier molecular flexibility index (Phi) is 12.4. The van der Waals surface area contributed by atoms with E-state index in [9.17, 15) is 9.50 Å². The Balaban J connectivity index is 0.00000385. The van der Waals surface area contributed by atoms with Crippen LogP contribution >= 0.6 is 24.0 Å². The zero-order valence-corrected chi connectivity index (χ0v) is 21.3. The molecule has 3 N–H and O–H groups in total. The predicted molar refractivity (Wildman–Crippen MR) is 139 cm³/mol. The molecule has 9 heteroatoms. The lowest BCUT2D eigenvalue weighted by molar-refractivity contribution is 0.0341. The molecule has 0 radical (unpaired) electrons. The number of aliphatic hydroxyl groups is 1. The average molecular weight is 572 g/mol. The summed E-state index contributed by atoms with van der Waals surface area (Å²) < 4.78 is 23.9. The number of benzene rings is 2. The van der Waals surface area contributed by atoms with Gasteiger partial charge in [0.05, 0.1) is 19.8 Å². The van der Waals surface area contributed by atoms with Gasteiger partial charge in [0, 0.05) is 32.7 Å². The molecule has 33 heavy (non-hydrogen) atoms. The van der Waals surface area contributed by atoms with Crippen molar-refractivity contribution in [2.24, 2.45) is 4.99 Å². The maximum absolute atomic E-state index is 13.0. The van der Waals surface area contributed by atoms with Gasteiger partial charge in [-0.25, -0.2) is 9.38 Å². The van der Waals surface area contributed by atoms with Crippen LogP contribution in [0.1, 0.15) is 18.1 Å². The van der Waals surface area contributed by atoms with Gasteiger partial charge in [-0.2, -0.15) is 0 Å². The zero-order valence-electron chi connectivity index (χ0n) is 19.0. The molecular weight excluding hydrogens is 538 g/mol. The standard InChI is InChI=1S/C24H33FN4O3.HI/c1-2-26-24(28-16-22(30)18-32-23-9-7-21(25)8-10-23)27-15-19-5-3-4-6-20(19)17-29-11-13-31-14-12-29;/h3-10,22,30H,2,11-18H2,1H3,(H2,26,27,28);1H. The van der Waals surface area contributed by atoms with Crippen molar-refractivity contribution in [2.75, 3.05) is 46.0 Å². The van der Waals surface area contributed by atoms with Crippen molar-refractivity contribution in [1.82, 2.24) is 15.5 Å². The summed E-state index contributed by atoms with van der Waals surface area (Å²) in [5.41, 5.74) is 2.44. The number of guanidine groups is 1. The van der Waals surface area contributed by atoms with Gasteiger partial charge >= 0.3 is 0 Å². The SMILES string of the molecule is CCNC(=NCc1ccccc1CN1CCOCC1)NCC(O)COc1ccc(F)cc1.I. The number of hydrogen-bond acceptors (Lipinski definition) is 5. The van der Waals surface area contributed by atoms with Crippen LogP contribution in [0.25, 0.3) is 0 Å². The molecule has 2 aromatic carbocycles. The first kappa shape index (κ1) is 27.3. The monoisotopic (exact) mass is 572 g/mol. The summed E-state index contributed by atoms with van der Waals surface area (Å²) in [5, 5.41) is 16.6. The van der Waals surface area contributed by atoms with Gasteiger partial charge < -0.3 is 25.2 Å². The Hall–Kier alpha value is -1.95. The number of nitrogens with one attached hydrogen (secondary N) is 2. The third-order valence-electron chi connectivity index (χ3n) is 5.13. The lowest BCUT2D eigenvalue weighted by Crippen LogP contribution is -2.42. The molecule has 1 atom stereocenters. The second-order valence-electron chi connectivity index (χ2n) is 7.65. The Labute approximate surface area is 212 Å². The van der Waals surface area contributed by atoms with Crippen LogP contribution in [0.3, 0.4) is 0 Å². The van der Waals surface area contributed by atoms with Crippen LogP contribution in [0.4, 0.5) is 4.39 Å². The second-order valence-corrected chi connectivity index (χ2v) is 7.65. The first-order valence-corrected chi connectivity index (χ1v) is 11.1. The number of halogens is 2. The normalized spacial score (nSPS) is 15.4. The highest BCUT2D eigenvalue weighted by molar-refractivity contribution is 14.0. The minimum atomic E-state index is -0.738. The molecule has 3 rings (SSSR count). The van der Waals surface area contributed by atoms with Crippen LogP contribution in [0.5, 0.6) is 5.75 Å². The number of aliphatic hydroxyl groups excluding tert-OH is 1. The molecule has 1 aliphatic rings. The van der Waals surface area contributed by atoms with E-state index in [2.05, 4.69) is 33.7 Å². The second kappa shape index (κ2) is 15.0. The van der Waals surface area contributed by atoms with Crippen molar-refractivity contribution in [3.05, 3.63) is 65.5 Å². The zero-order chi connectivity index (χ0) is 22.6. The lowest BCUT2D eigenvalue weighted by atomic mass is 10.1. The lowest BCUT2D eigenvalue weighted by Gasteiger charge is -2.27. The third-order valence-corrected chi connectivity index (χ3v) is 5.13. The molecule has 0 aromatic heterocycles. The predicted octanol–water partition coefficient (Wildman–Crippen LogP) is 2.77. The maximum Gasteiger partial charge on any atom is 0.191 e. The van der Waals surface area contributed by atoms with Crippen LogP contribution in [0.15, 0.2) is 53.5 Å². The third kappa shape index (κ3) is 9.83. The van der Waals surface area contributed by atoms with Crippen molar-refractivity contribution in [3.8, 4) is 5.75 Å². The summed E-state index contributed by atoms with van der Waals surface area (Å²) in [6, 6.07) is 14.1. The van der Waals surface area contributed by atoms with Crippen LogP contribution < -0.4 is 15.4 Å². The van der Waals surface area contributed by atoms with Crippen LogP contribution in [0, 0.1) is 5.82 Å². The fourth-order valence-electron chi connectivity index (χ4n) is 3.37. The number of aliphatic imine (C=N–C) groups is 1. The minimum absolute atomic E-state index is 0. The van der Waals surface area contributed by atoms with Crippen molar-refractivity contribution >= 4 is 29.9 Å². The van der Waals surface area contributed by atoms with Crippen molar-refractivity contribution in [2.45, 2.75) is 26.1 Å². The summed E-state index contributed by atoms with van der Waals surface area (Å²) in [6.45, 7) is 7.96. The van der Waals surface area contributed by atoms with Crippen LogP contribution in [0.2, 0.25) is 0 Å². The van der Waals surface area contributed by atoms with E-state index in [4.69, 9.17) is 14.5 Å². The van der Waals surface area contributed by atoms with E-state index in [1.807, 2.05) is 13.0 Å². The van der Waals surface area contributed by atoms with E-state index in [1.165, 1.54) is 35.4 Å². The smallest absolute Gasteiger partial charge is 0.191 e. The van der Waals surface area contributed by atoms with E-state index in [0.717, 1.165) is 32.8 Å². The molecule has 1 fully saturated rings. The fraction of sp³-hybridized carbons (Fsp3) is 0.458. The average Bonchev–Trinajstić information content (AvgIpc) is 2.82. The molecule has 2 aromatic rings. The number of hydrogen-bond donors (Lipinski definition) is 3. The van der Waals surface area contributed by atoms with Crippen molar-refractivity contribution in [1.29, 1.82) is 0 Å². The summed E-state index contributed by atoms with van der Waals surface area (Å²) in [5.74, 6) is 0.829. The van der Waals surface area contributed by atoms with E-state index >= 15 is 0 Å². The summed E-state index contributed by atoms with van der Waals surface area (Å²) in [4.78, 5) is 7.09. The van der Waals surface area contributed by atoms with Gasteiger partial charge in [0.25, 0.3) is 0 Å². The Bertz CT molecular complexity index is 848. The number of ether oxygens (including phenoxy) is 2. The van der Waals surface area contributed by atoms with Crippen LogP contribution in [-0.2, 0) is 17.8 Å². The largest absolute Gasteiger partial charge is 0.491 e. The fourth-order valence-corrected chi connectivity index (χ4v) is 3.37. The topological polar surface area (TPSA) is 78.4 Å². The molecule has 7 nitrogen and oxygen atoms in total. The molecule has 0 spiro atoms. The highest BCUT2D eigenvalue weighted by Crippen LogP contribution is 2.14. The highest BCUT2D eigenvalue weighted by Gasteiger charge is 2.13. The molecule has 182 valence electrons. The Morgan fingerprint density at radius 1 is 1.12 bits per heavy atom. The summed E-state index contributed by atoms with van der Waals surface area (Å²) in [7, 11) is 0. The van der Waals surface area contributed by atoms with Gasteiger partial charge in [0.2, 0.25) is 0 Å². The first-order chi connectivity index (χ1) is 15.6. The number of morpholine rings is 1. The van der Waals surface area contributed by atoms with Gasteiger partial charge in [-0.05, 0) is 42.3 Å². The molecule has 1 aliphatic heterocycles. The van der Waals surface area contributed by atoms with Gasteiger partial charge in [-0.15, -0.1) is 24.0 Å². The van der Waals surface area contributed by atoms with Gasteiger partial charge in [0.15, 0.2) is 5.96 Å². The molecule has 1 heterocycles. The van der Waals surface area contributed by atoms with Gasteiger partial charge in [0.1, 0.15) is 24.3 Å². The number of rotatable bonds is 10. The van der Waals surface area contributed by atoms with Gasteiger partial charge in [-0.3, -0.25) is 4.90 Å². The molecule has 0 aliphatic carbocycles. The maximum atomic E-state index is 13.0. The van der Waals surface area contributed by atoms with E-state index in [-0.39, 0.29) is 42.9 Å². The molecule has 0 saturated carbocycles. The van der Waals surface area contributed by atoms with Crippen molar-refractivity contribution in [3.63, 3.8) is 0 Å². The molecule has 0 amide bonds. The Morgan fingerprint density at radius 2 is 1.82 bits per heavy atom. The first-order valence-electron chi connectivity index (χ1n) is 11.1. The summed E-state index contributed by atoms with van der Waals surface area (Å²) >= 11 is 0. The highest BCUT2D eigenvalue weighted by atomic mass is 127. The number of nitrogens with zero attached hydrogens (tertiary/aromatic N) is 2. The molecular formula is C24H34FIN4O3. The van der Waals surface area contributed by atoms with Crippen molar-refractivity contribution < 1.29 is 19.0 Å².